The van der Waals surface area contributed by atoms with E-state index in [0.717, 1.165) is 67.4 Å². The largest absolute Gasteiger partial charge is 0.497 e. The number of hydrogen-bond donors (Lipinski definition) is 1. The molecule has 1 N–H and O–H groups in total. The van der Waals surface area contributed by atoms with Crippen LogP contribution in [0.2, 0.25) is 5.02 Å². The van der Waals surface area contributed by atoms with Crippen LogP contribution in [0.25, 0.3) is 0 Å². The zero-order valence-electron chi connectivity index (χ0n) is 16.4. The first-order valence-corrected chi connectivity index (χ1v) is 9.96. The molecule has 0 aliphatic carbocycles. The minimum atomic E-state index is 0.677. The van der Waals surface area contributed by atoms with Crippen LogP contribution in [0.5, 0.6) is 5.75 Å². The predicted octanol–water partition coefficient (Wildman–Crippen LogP) is 2.47. The van der Waals surface area contributed by atoms with Crippen molar-refractivity contribution in [2.75, 3.05) is 51.3 Å². The molecule has 7 nitrogen and oxygen atoms in total. The summed E-state index contributed by atoms with van der Waals surface area (Å²) in [5.41, 5.74) is 1.08. The molecule has 1 fully saturated rings. The molecule has 1 aliphatic heterocycles. The van der Waals surface area contributed by atoms with E-state index in [2.05, 4.69) is 32.0 Å². The lowest BCUT2D eigenvalue weighted by Gasteiger charge is -2.36. The van der Waals surface area contributed by atoms with Crippen molar-refractivity contribution in [3.05, 3.63) is 47.2 Å². The van der Waals surface area contributed by atoms with Gasteiger partial charge in [-0.05, 0) is 37.1 Å². The molecule has 3 rings (SSSR count). The molecule has 2 aromatic rings. The number of hydrogen-bond acceptors (Lipinski definition) is 5. The van der Waals surface area contributed by atoms with Crippen LogP contribution in [0.3, 0.4) is 0 Å². The summed E-state index contributed by atoms with van der Waals surface area (Å²) in [5.74, 6) is 2.50. The van der Waals surface area contributed by atoms with E-state index in [9.17, 15) is 0 Å². The highest BCUT2D eigenvalue weighted by Crippen LogP contribution is 2.22. The second-order valence-electron chi connectivity index (χ2n) is 6.47. The number of halogens is 1. The van der Waals surface area contributed by atoms with Crippen molar-refractivity contribution in [1.82, 2.24) is 20.2 Å². The van der Waals surface area contributed by atoms with Gasteiger partial charge in [0.25, 0.3) is 0 Å². The van der Waals surface area contributed by atoms with Crippen LogP contribution in [0.15, 0.2) is 41.7 Å². The zero-order valence-corrected chi connectivity index (χ0v) is 17.2. The number of anilines is 1. The van der Waals surface area contributed by atoms with E-state index in [0.29, 0.717) is 6.54 Å². The molecule has 1 aromatic heterocycles. The number of aliphatic imine (C=N–C) groups is 1. The number of ether oxygens (including phenoxy) is 1. The van der Waals surface area contributed by atoms with Crippen LogP contribution >= 0.6 is 11.6 Å². The minimum absolute atomic E-state index is 0.677. The molecular weight excluding hydrogens is 376 g/mol. The van der Waals surface area contributed by atoms with Crippen LogP contribution < -0.4 is 15.0 Å². The maximum Gasteiger partial charge on any atom is 0.225 e. The van der Waals surface area contributed by atoms with Gasteiger partial charge >= 0.3 is 0 Å². The van der Waals surface area contributed by atoms with Gasteiger partial charge < -0.3 is 19.9 Å². The van der Waals surface area contributed by atoms with Crippen molar-refractivity contribution in [2.45, 2.75) is 13.3 Å². The maximum absolute atomic E-state index is 6.34. The summed E-state index contributed by atoms with van der Waals surface area (Å²) in [6, 6.07) is 7.62. The average molecular weight is 403 g/mol. The third kappa shape index (κ3) is 5.25. The summed E-state index contributed by atoms with van der Waals surface area (Å²) < 4.78 is 5.20. The van der Waals surface area contributed by atoms with Gasteiger partial charge in [0.15, 0.2) is 5.96 Å². The molecule has 2 heterocycles. The average Bonchev–Trinajstić information content (AvgIpc) is 2.75. The van der Waals surface area contributed by atoms with Crippen molar-refractivity contribution in [3.63, 3.8) is 0 Å². The fourth-order valence-electron chi connectivity index (χ4n) is 3.14. The number of guanidine groups is 1. The maximum atomic E-state index is 6.34. The first-order chi connectivity index (χ1) is 13.7. The summed E-state index contributed by atoms with van der Waals surface area (Å²) in [4.78, 5) is 18.0. The Kier molecular flexibility index (Phi) is 7.31. The van der Waals surface area contributed by atoms with E-state index in [1.807, 2.05) is 24.3 Å². The van der Waals surface area contributed by atoms with Gasteiger partial charge in [0, 0.05) is 56.7 Å². The lowest BCUT2D eigenvalue weighted by molar-refractivity contribution is 0.370. The third-order valence-corrected chi connectivity index (χ3v) is 5.00. The number of rotatable bonds is 6. The Morgan fingerprint density at radius 2 is 1.96 bits per heavy atom. The highest BCUT2D eigenvalue weighted by molar-refractivity contribution is 6.31. The molecular formula is C20H27ClN6O. The fraction of sp³-hybridized carbons (Fsp3) is 0.450. The van der Waals surface area contributed by atoms with E-state index >= 15 is 0 Å². The van der Waals surface area contributed by atoms with Crippen LogP contribution in [0.1, 0.15) is 12.5 Å². The van der Waals surface area contributed by atoms with Crippen molar-refractivity contribution in [1.29, 1.82) is 0 Å². The monoisotopic (exact) mass is 402 g/mol. The zero-order chi connectivity index (χ0) is 19.8. The fourth-order valence-corrected chi connectivity index (χ4v) is 3.40. The molecule has 1 aliphatic rings. The molecule has 150 valence electrons. The summed E-state index contributed by atoms with van der Waals surface area (Å²) >= 11 is 6.34. The quantitative estimate of drug-likeness (QED) is 0.591. The van der Waals surface area contributed by atoms with Crippen molar-refractivity contribution in [3.8, 4) is 5.75 Å². The van der Waals surface area contributed by atoms with Gasteiger partial charge in [-0.2, -0.15) is 0 Å². The van der Waals surface area contributed by atoms with E-state index < -0.39 is 0 Å². The third-order valence-electron chi connectivity index (χ3n) is 4.65. The molecule has 0 spiro atoms. The first kappa shape index (κ1) is 20.2. The summed E-state index contributed by atoms with van der Waals surface area (Å²) in [5, 5.41) is 4.12. The molecule has 28 heavy (non-hydrogen) atoms. The molecule has 0 bridgehead atoms. The van der Waals surface area contributed by atoms with Gasteiger partial charge in [0.2, 0.25) is 5.95 Å². The van der Waals surface area contributed by atoms with Gasteiger partial charge in [-0.3, -0.25) is 4.99 Å². The molecule has 0 saturated carbocycles. The molecule has 1 saturated heterocycles. The smallest absolute Gasteiger partial charge is 0.225 e. The Morgan fingerprint density at radius 1 is 1.21 bits per heavy atom. The number of nitrogens with one attached hydrogen (secondary N) is 1. The molecule has 1 aromatic carbocycles. The number of aromatic nitrogens is 2. The topological polar surface area (TPSA) is 65.9 Å². The normalized spacial score (nSPS) is 14.9. The van der Waals surface area contributed by atoms with Gasteiger partial charge in [0.1, 0.15) is 5.75 Å². The van der Waals surface area contributed by atoms with Gasteiger partial charge in [0.05, 0.1) is 7.11 Å². The Labute approximate surface area is 171 Å². The summed E-state index contributed by atoms with van der Waals surface area (Å²) in [7, 11) is 1.64. The van der Waals surface area contributed by atoms with Crippen molar-refractivity contribution < 1.29 is 4.74 Å². The first-order valence-electron chi connectivity index (χ1n) is 9.59. The Hall–Kier alpha value is -2.54. The second kappa shape index (κ2) is 10.1. The van der Waals surface area contributed by atoms with Crippen LogP contribution in [-0.4, -0.2) is 67.2 Å². The number of methoxy groups -OCH3 is 1. The molecule has 8 heteroatoms. The van der Waals surface area contributed by atoms with Gasteiger partial charge in [-0.1, -0.05) is 17.7 Å². The second-order valence-corrected chi connectivity index (χ2v) is 6.87. The molecule has 0 atom stereocenters. The summed E-state index contributed by atoms with van der Waals surface area (Å²) in [6.07, 6.45) is 4.35. The SMILES string of the molecule is CCNC(=NCCc1ccc(OC)cc1Cl)N1CCN(c2ncccn2)CC1. The number of nitrogens with zero attached hydrogens (tertiary/aromatic N) is 5. The van der Waals surface area contributed by atoms with E-state index in [1.165, 1.54) is 0 Å². The Bertz CT molecular complexity index is 778. The van der Waals surface area contributed by atoms with Crippen molar-refractivity contribution >= 4 is 23.5 Å². The standard InChI is InChI=1S/C20H27ClN6O/c1-3-22-19(25-10-7-16-5-6-17(28-2)15-18(16)21)26-11-13-27(14-12-26)20-23-8-4-9-24-20/h4-6,8-9,15H,3,7,10-14H2,1-2H3,(H,22,25). The van der Waals surface area contributed by atoms with E-state index in [-0.39, 0.29) is 0 Å². The lowest BCUT2D eigenvalue weighted by atomic mass is 10.1. The van der Waals surface area contributed by atoms with E-state index in [4.69, 9.17) is 21.3 Å². The number of piperazine rings is 1. The molecule has 0 unspecified atom stereocenters. The van der Waals surface area contributed by atoms with Gasteiger partial charge in [-0.25, -0.2) is 9.97 Å². The van der Waals surface area contributed by atoms with Crippen molar-refractivity contribution in [2.24, 2.45) is 4.99 Å². The lowest BCUT2D eigenvalue weighted by Crippen LogP contribution is -2.53. The number of benzene rings is 1. The van der Waals surface area contributed by atoms with Gasteiger partial charge in [-0.15, -0.1) is 0 Å². The molecule has 0 radical (unpaired) electrons. The summed E-state index contributed by atoms with van der Waals surface area (Å²) in [6.45, 7) is 7.11. The van der Waals surface area contributed by atoms with Crippen LogP contribution in [0, 0.1) is 0 Å². The van der Waals surface area contributed by atoms with Crippen LogP contribution in [0.4, 0.5) is 5.95 Å². The Morgan fingerprint density at radius 3 is 2.61 bits per heavy atom. The highest BCUT2D eigenvalue weighted by Gasteiger charge is 2.21. The van der Waals surface area contributed by atoms with E-state index in [1.54, 1.807) is 19.5 Å². The molecule has 0 amide bonds. The Balaban J connectivity index is 1.57. The van der Waals surface area contributed by atoms with Crippen LogP contribution in [-0.2, 0) is 6.42 Å². The predicted molar refractivity (Wildman–Crippen MR) is 114 cm³/mol. The highest BCUT2D eigenvalue weighted by atomic mass is 35.5. The minimum Gasteiger partial charge on any atom is -0.497 e.